The van der Waals surface area contributed by atoms with Gasteiger partial charge in [-0.15, -0.1) is 0 Å². The standard InChI is InChI=1S/C12H17NO3/c1-13(16-3)12(14)9-11(15-2)10-7-5-4-6-8-10/h4-8,11H,9H2,1-3H3/t11-/m0/s1. The van der Waals surface area contributed by atoms with E-state index in [2.05, 4.69) is 0 Å². The maximum atomic E-state index is 11.6. The van der Waals surface area contributed by atoms with Crippen molar-refractivity contribution in [3.05, 3.63) is 35.9 Å². The van der Waals surface area contributed by atoms with Crippen LogP contribution in [-0.4, -0.2) is 32.2 Å². The third kappa shape index (κ3) is 3.32. The predicted octanol–water partition coefficient (Wildman–Crippen LogP) is 1.78. The molecule has 0 bridgehead atoms. The minimum atomic E-state index is -0.230. The van der Waals surface area contributed by atoms with Gasteiger partial charge in [-0.05, 0) is 5.56 Å². The predicted molar refractivity (Wildman–Crippen MR) is 60.6 cm³/mol. The summed E-state index contributed by atoms with van der Waals surface area (Å²) in [5.41, 5.74) is 0.989. The van der Waals surface area contributed by atoms with Crippen LogP contribution in [0, 0.1) is 0 Å². The van der Waals surface area contributed by atoms with Gasteiger partial charge in [0.1, 0.15) is 0 Å². The molecule has 0 aliphatic heterocycles. The minimum Gasteiger partial charge on any atom is -0.376 e. The van der Waals surface area contributed by atoms with E-state index in [9.17, 15) is 4.79 Å². The number of nitrogens with zero attached hydrogens (tertiary/aromatic N) is 1. The number of hydroxylamine groups is 2. The molecule has 1 rings (SSSR count). The van der Waals surface area contributed by atoms with E-state index in [1.54, 1.807) is 14.2 Å². The van der Waals surface area contributed by atoms with Crippen LogP contribution >= 0.6 is 0 Å². The zero-order valence-corrected chi connectivity index (χ0v) is 9.84. The van der Waals surface area contributed by atoms with Crippen LogP contribution in [0.15, 0.2) is 30.3 Å². The van der Waals surface area contributed by atoms with Crippen LogP contribution < -0.4 is 0 Å². The molecule has 1 aromatic carbocycles. The van der Waals surface area contributed by atoms with Gasteiger partial charge in [-0.2, -0.15) is 0 Å². The van der Waals surface area contributed by atoms with Crippen molar-refractivity contribution < 1.29 is 14.4 Å². The van der Waals surface area contributed by atoms with Crippen molar-refractivity contribution in [1.29, 1.82) is 0 Å². The first kappa shape index (κ1) is 12.7. The van der Waals surface area contributed by atoms with Gasteiger partial charge in [0.15, 0.2) is 0 Å². The first-order valence-electron chi connectivity index (χ1n) is 5.07. The monoisotopic (exact) mass is 223 g/mol. The normalized spacial score (nSPS) is 12.2. The molecule has 0 spiro atoms. The minimum absolute atomic E-state index is 0.113. The molecule has 1 aromatic rings. The summed E-state index contributed by atoms with van der Waals surface area (Å²) in [6.07, 6.45) is 0.0384. The molecule has 88 valence electrons. The van der Waals surface area contributed by atoms with Crippen molar-refractivity contribution in [3.63, 3.8) is 0 Å². The third-order valence-electron chi connectivity index (χ3n) is 2.44. The Morgan fingerprint density at radius 3 is 2.44 bits per heavy atom. The van der Waals surface area contributed by atoms with Crippen molar-refractivity contribution in [2.45, 2.75) is 12.5 Å². The average molecular weight is 223 g/mol. The lowest BCUT2D eigenvalue weighted by Crippen LogP contribution is -2.27. The van der Waals surface area contributed by atoms with Crippen molar-refractivity contribution in [1.82, 2.24) is 5.06 Å². The Labute approximate surface area is 95.7 Å². The SMILES string of the molecule is CO[C@@H](CC(=O)N(C)OC)c1ccccc1. The molecular weight excluding hydrogens is 206 g/mol. The summed E-state index contributed by atoms with van der Waals surface area (Å²) in [5, 5.41) is 1.20. The Morgan fingerprint density at radius 1 is 1.31 bits per heavy atom. The maximum Gasteiger partial charge on any atom is 0.248 e. The average Bonchev–Trinajstić information content (AvgIpc) is 2.35. The summed E-state index contributed by atoms with van der Waals surface area (Å²) in [5.74, 6) is -0.113. The van der Waals surface area contributed by atoms with E-state index >= 15 is 0 Å². The number of carbonyl (C=O) groups excluding carboxylic acids is 1. The van der Waals surface area contributed by atoms with Crippen molar-refractivity contribution in [2.24, 2.45) is 0 Å². The maximum absolute atomic E-state index is 11.6. The van der Waals surface area contributed by atoms with Gasteiger partial charge in [-0.1, -0.05) is 30.3 Å². The van der Waals surface area contributed by atoms with Crippen molar-refractivity contribution in [2.75, 3.05) is 21.3 Å². The zero-order chi connectivity index (χ0) is 12.0. The van der Waals surface area contributed by atoms with E-state index in [4.69, 9.17) is 9.57 Å². The highest BCUT2D eigenvalue weighted by molar-refractivity contribution is 5.75. The molecular formula is C12H17NO3. The van der Waals surface area contributed by atoms with Crippen molar-refractivity contribution >= 4 is 5.91 Å². The van der Waals surface area contributed by atoms with Gasteiger partial charge in [0, 0.05) is 14.2 Å². The van der Waals surface area contributed by atoms with E-state index in [1.165, 1.54) is 12.2 Å². The number of amides is 1. The molecule has 16 heavy (non-hydrogen) atoms. The highest BCUT2D eigenvalue weighted by Crippen LogP contribution is 2.20. The Hall–Kier alpha value is -1.39. The van der Waals surface area contributed by atoms with Crippen LogP contribution in [0.25, 0.3) is 0 Å². The number of methoxy groups -OCH3 is 1. The smallest absolute Gasteiger partial charge is 0.248 e. The fourth-order valence-corrected chi connectivity index (χ4v) is 1.39. The van der Waals surface area contributed by atoms with E-state index in [0.717, 1.165) is 5.56 Å². The molecule has 1 amide bonds. The number of hydrogen-bond acceptors (Lipinski definition) is 3. The van der Waals surface area contributed by atoms with E-state index in [0.29, 0.717) is 0 Å². The summed E-state index contributed by atoms with van der Waals surface area (Å²) in [4.78, 5) is 16.5. The second-order valence-corrected chi connectivity index (χ2v) is 3.41. The van der Waals surface area contributed by atoms with Gasteiger partial charge in [0.05, 0.1) is 19.6 Å². The van der Waals surface area contributed by atoms with Gasteiger partial charge in [-0.25, -0.2) is 5.06 Å². The van der Waals surface area contributed by atoms with Crippen LogP contribution in [0.5, 0.6) is 0 Å². The number of hydrogen-bond donors (Lipinski definition) is 0. The number of rotatable bonds is 5. The highest BCUT2D eigenvalue weighted by atomic mass is 16.7. The van der Waals surface area contributed by atoms with Gasteiger partial charge in [-0.3, -0.25) is 9.63 Å². The second-order valence-electron chi connectivity index (χ2n) is 3.41. The van der Waals surface area contributed by atoms with Crippen LogP contribution in [0.4, 0.5) is 0 Å². The summed E-state index contributed by atoms with van der Waals surface area (Å²) in [6.45, 7) is 0. The van der Waals surface area contributed by atoms with Crippen LogP contribution in [0.2, 0.25) is 0 Å². The first-order chi connectivity index (χ1) is 7.69. The third-order valence-corrected chi connectivity index (χ3v) is 2.44. The second kappa shape index (κ2) is 6.25. The molecule has 0 N–H and O–H groups in total. The lowest BCUT2D eigenvalue weighted by atomic mass is 10.1. The van der Waals surface area contributed by atoms with Gasteiger partial charge in [0.25, 0.3) is 0 Å². The van der Waals surface area contributed by atoms with E-state index in [1.807, 2.05) is 30.3 Å². The molecule has 0 heterocycles. The Morgan fingerprint density at radius 2 is 1.94 bits per heavy atom. The quantitative estimate of drug-likeness (QED) is 0.714. The van der Waals surface area contributed by atoms with Crippen molar-refractivity contribution in [3.8, 4) is 0 Å². The number of carbonyl (C=O) groups is 1. The molecule has 0 unspecified atom stereocenters. The molecule has 4 heteroatoms. The molecule has 0 fully saturated rings. The molecule has 1 atom stereocenters. The summed E-state index contributed by atoms with van der Waals surface area (Å²) in [6, 6.07) is 9.65. The lowest BCUT2D eigenvalue weighted by molar-refractivity contribution is -0.171. The zero-order valence-electron chi connectivity index (χ0n) is 9.84. The molecule has 0 radical (unpaired) electrons. The molecule has 0 aromatic heterocycles. The fraction of sp³-hybridized carbons (Fsp3) is 0.417. The molecule has 0 saturated heterocycles. The molecule has 0 saturated carbocycles. The fourth-order valence-electron chi connectivity index (χ4n) is 1.39. The van der Waals surface area contributed by atoms with Crippen LogP contribution in [0.1, 0.15) is 18.1 Å². The number of ether oxygens (including phenoxy) is 1. The topological polar surface area (TPSA) is 38.8 Å². The summed E-state index contributed by atoms with van der Waals surface area (Å²) >= 11 is 0. The molecule has 4 nitrogen and oxygen atoms in total. The highest BCUT2D eigenvalue weighted by Gasteiger charge is 2.17. The summed E-state index contributed by atoms with van der Waals surface area (Å²) in [7, 11) is 4.64. The Kier molecular flexibility index (Phi) is 4.95. The first-order valence-corrected chi connectivity index (χ1v) is 5.07. The largest absolute Gasteiger partial charge is 0.376 e. The van der Waals surface area contributed by atoms with Gasteiger partial charge >= 0.3 is 0 Å². The van der Waals surface area contributed by atoms with Crippen LogP contribution in [-0.2, 0) is 14.4 Å². The lowest BCUT2D eigenvalue weighted by Gasteiger charge is -2.19. The molecule has 0 aliphatic rings. The van der Waals surface area contributed by atoms with Crippen LogP contribution in [0.3, 0.4) is 0 Å². The number of benzene rings is 1. The van der Waals surface area contributed by atoms with E-state index < -0.39 is 0 Å². The molecule has 0 aliphatic carbocycles. The van der Waals surface area contributed by atoms with Gasteiger partial charge < -0.3 is 4.74 Å². The van der Waals surface area contributed by atoms with E-state index in [-0.39, 0.29) is 18.4 Å². The Balaban J connectivity index is 2.66. The Bertz CT molecular complexity index is 326. The van der Waals surface area contributed by atoms with Gasteiger partial charge in [0.2, 0.25) is 5.91 Å². The summed E-state index contributed by atoms with van der Waals surface area (Å²) < 4.78 is 5.30.